The molecular weight excluding hydrogens is 127 g/mol. The van der Waals surface area contributed by atoms with Crippen LogP contribution in [0, 0.1) is 6.92 Å². The topological polar surface area (TPSA) is 13.1 Å². The maximum absolute atomic E-state index is 11.6. The van der Waals surface area contributed by atoms with E-state index in [0.717, 1.165) is 5.76 Å². The Morgan fingerprint density at radius 1 is 1.62 bits per heavy atom. The fraction of sp³-hybridized carbons (Fsp3) is 0.200. The van der Waals surface area contributed by atoms with Crippen LogP contribution in [0.15, 0.2) is 21.6 Å². The van der Waals surface area contributed by atoms with E-state index in [1.165, 1.54) is 0 Å². The molecule has 1 aromatic rings. The van der Waals surface area contributed by atoms with Crippen molar-refractivity contribution in [1.82, 2.24) is 0 Å². The van der Waals surface area contributed by atoms with E-state index in [4.69, 9.17) is 4.42 Å². The molecule has 0 saturated carbocycles. The van der Waals surface area contributed by atoms with Crippen LogP contribution >= 0.6 is 12.1 Å². The summed E-state index contributed by atoms with van der Waals surface area (Å²) in [6, 6.07) is 3.32. The zero-order valence-corrected chi connectivity index (χ0v) is 5.17. The molecular formula is C5H5FOS. The van der Waals surface area contributed by atoms with Crippen LogP contribution in [-0.2, 0) is 0 Å². The molecule has 0 fully saturated rings. The van der Waals surface area contributed by atoms with E-state index in [0.29, 0.717) is 5.09 Å². The molecule has 1 aromatic heterocycles. The van der Waals surface area contributed by atoms with E-state index < -0.39 is 0 Å². The smallest absolute Gasteiger partial charge is 0.192 e. The van der Waals surface area contributed by atoms with Crippen molar-refractivity contribution < 1.29 is 8.30 Å². The van der Waals surface area contributed by atoms with Crippen molar-refractivity contribution in [2.75, 3.05) is 0 Å². The minimum atomic E-state index is 0.123. The monoisotopic (exact) mass is 132 g/mol. The van der Waals surface area contributed by atoms with Gasteiger partial charge in [0, 0.05) is 0 Å². The fourth-order valence-corrected chi connectivity index (χ4v) is 0.736. The third-order valence-corrected chi connectivity index (χ3v) is 1.16. The van der Waals surface area contributed by atoms with Gasteiger partial charge in [0.05, 0.1) is 0 Å². The van der Waals surface area contributed by atoms with Crippen molar-refractivity contribution in [1.29, 1.82) is 0 Å². The minimum Gasteiger partial charge on any atom is -0.453 e. The fourth-order valence-electron chi connectivity index (χ4n) is 0.454. The predicted molar refractivity (Wildman–Crippen MR) is 30.4 cm³/mol. The average Bonchev–Trinajstić information content (AvgIpc) is 2.14. The predicted octanol–water partition coefficient (Wildman–Crippen LogP) is 2.56. The highest BCUT2D eigenvalue weighted by Gasteiger charge is 1.95. The van der Waals surface area contributed by atoms with Crippen LogP contribution < -0.4 is 0 Å². The summed E-state index contributed by atoms with van der Waals surface area (Å²) in [5.41, 5.74) is 0. The summed E-state index contributed by atoms with van der Waals surface area (Å²) >= 11 is 0.123. The van der Waals surface area contributed by atoms with Gasteiger partial charge in [0.15, 0.2) is 5.09 Å². The lowest BCUT2D eigenvalue weighted by molar-refractivity contribution is 0.445. The quantitative estimate of drug-likeness (QED) is 0.582. The second kappa shape index (κ2) is 2.22. The first-order chi connectivity index (χ1) is 3.83. The van der Waals surface area contributed by atoms with Crippen LogP contribution in [0.1, 0.15) is 5.76 Å². The third kappa shape index (κ3) is 1.04. The van der Waals surface area contributed by atoms with Gasteiger partial charge in [0.1, 0.15) is 17.9 Å². The summed E-state index contributed by atoms with van der Waals surface area (Å²) in [6.07, 6.45) is 0. The molecule has 0 aromatic carbocycles. The summed E-state index contributed by atoms with van der Waals surface area (Å²) in [4.78, 5) is 0. The van der Waals surface area contributed by atoms with E-state index in [1.807, 2.05) is 0 Å². The van der Waals surface area contributed by atoms with Crippen LogP contribution in [0.25, 0.3) is 0 Å². The zero-order valence-electron chi connectivity index (χ0n) is 4.35. The Bertz CT molecular complexity index is 173. The molecule has 0 unspecified atom stereocenters. The lowest BCUT2D eigenvalue weighted by Gasteiger charge is -1.78. The van der Waals surface area contributed by atoms with Gasteiger partial charge in [-0.1, -0.05) is 0 Å². The number of rotatable bonds is 1. The van der Waals surface area contributed by atoms with Crippen molar-refractivity contribution in [3.8, 4) is 0 Å². The van der Waals surface area contributed by atoms with E-state index in [1.54, 1.807) is 19.1 Å². The van der Waals surface area contributed by atoms with Crippen molar-refractivity contribution in [2.45, 2.75) is 12.0 Å². The van der Waals surface area contributed by atoms with Crippen LogP contribution in [0.5, 0.6) is 0 Å². The Labute approximate surface area is 51.2 Å². The molecule has 8 heavy (non-hydrogen) atoms. The first kappa shape index (κ1) is 5.69. The highest BCUT2D eigenvalue weighted by Crippen LogP contribution is 2.20. The number of hydrogen-bond acceptors (Lipinski definition) is 2. The van der Waals surface area contributed by atoms with Gasteiger partial charge in [-0.15, -0.1) is 0 Å². The number of halogens is 1. The molecule has 0 aliphatic rings. The minimum absolute atomic E-state index is 0.123. The maximum atomic E-state index is 11.6. The van der Waals surface area contributed by atoms with Crippen LogP contribution in [0.2, 0.25) is 0 Å². The molecule has 0 aliphatic carbocycles. The summed E-state index contributed by atoms with van der Waals surface area (Å²) in [5, 5.41) is 0.322. The normalized spacial score (nSPS) is 9.75. The molecule has 0 bridgehead atoms. The molecule has 44 valence electrons. The average molecular weight is 132 g/mol. The zero-order chi connectivity index (χ0) is 5.98. The van der Waals surface area contributed by atoms with Gasteiger partial charge in [-0.25, -0.2) is 0 Å². The van der Waals surface area contributed by atoms with Gasteiger partial charge in [0.25, 0.3) is 0 Å². The molecule has 3 heteroatoms. The summed E-state index contributed by atoms with van der Waals surface area (Å²) in [7, 11) is 0. The van der Waals surface area contributed by atoms with Gasteiger partial charge < -0.3 is 4.42 Å². The molecule has 0 radical (unpaired) electrons. The first-order valence-electron chi connectivity index (χ1n) is 2.18. The standard InChI is InChI=1S/C5H5FOS/c1-4-2-3-5(7-4)8-6/h2-3H,1H3. The lowest BCUT2D eigenvalue weighted by Crippen LogP contribution is -1.52. The molecule has 1 rings (SSSR count). The first-order valence-corrected chi connectivity index (χ1v) is 2.89. The van der Waals surface area contributed by atoms with E-state index in [-0.39, 0.29) is 12.1 Å². The van der Waals surface area contributed by atoms with Crippen molar-refractivity contribution in [3.05, 3.63) is 17.9 Å². The molecule has 1 heterocycles. The van der Waals surface area contributed by atoms with E-state index in [2.05, 4.69) is 0 Å². The number of furan rings is 1. The Balaban J connectivity index is 2.84. The summed E-state index contributed by atoms with van der Waals surface area (Å²) in [5.74, 6) is 0.741. The maximum Gasteiger partial charge on any atom is 0.192 e. The summed E-state index contributed by atoms with van der Waals surface area (Å²) < 4.78 is 16.4. The third-order valence-electron chi connectivity index (χ3n) is 0.792. The highest BCUT2D eigenvalue weighted by molar-refractivity contribution is 7.94. The molecule has 0 N–H and O–H groups in total. The molecule has 0 spiro atoms. The van der Waals surface area contributed by atoms with E-state index >= 15 is 0 Å². The van der Waals surface area contributed by atoms with E-state index in [9.17, 15) is 3.89 Å². The largest absolute Gasteiger partial charge is 0.453 e. The molecule has 1 nitrogen and oxygen atoms in total. The lowest BCUT2D eigenvalue weighted by atomic mass is 10.5. The van der Waals surface area contributed by atoms with Gasteiger partial charge in [-0.3, -0.25) is 0 Å². The van der Waals surface area contributed by atoms with Gasteiger partial charge in [0.2, 0.25) is 0 Å². The van der Waals surface area contributed by atoms with Crippen LogP contribution in [-0.4, -0.2) is 0 Å². The van der Waals surface area contributed by atoms with Crippen LogP contribution in [0.3, 0.4) is 0 Å². The Morgan fingerprint density at radius 3 is 2.62 bits per heavy atom. The second-order valence-electron chi connectivity index (χ2n) is 1.44. The Morgan fingerprint density at radius 2 is 2.38 bits per heavy atom. The SMILES string of the molecule is Cc1ccc(SF)o1. The Kier molecular flexibility index (Phi) is 1.58. The molecule has 0 amide bonds. The number of aryl methyl sites for hydroxylation is 1. The van der Waals surface area contributed by atoms with Gasteiger partial charge in [-0.05, 0) is 19.1 Å². The van der Waals surface area contributed by atoms with Gasteiger partial charge >= 0.3 is 0 Å². The molecule has 0 aliphatic heterocycles. The Hall–Kier alpha value is -0.440. The van der Waals surface area contributed by atoms with Crippen molar-refractivity contribution in [3.63, 3.8) is 0 Å². The highest BCUT2D eigenvalue weighted by atomic mass is 32.2. The van der Waals surface area contributed by atoms with Crippen molar-refractivity contribution in [2.24, 2.45) is 0 Å². The van der Waals surface area contributed by atoms with Gasteiger partial charge in [-0.2, -0.15) is 3.89 Å². The van der Waals surface area contributed by atoms with Crippen molar-refractivity contribution >= 4 is 12.1 Å². The molecule has 0 atom stereocenters. The summed E-state index contributed by atoms with van der Waals surface area (Å²) in [6.45, 7) is 1.78. The number of hydrogen-bond donors (Lipinski definition) is 0. The molecule has 0 saturated heterocycles. The van der Waals surface area contributed by atoms with Crippen LogP contribution in [0.4, 0.5) is 3.89 Å². The second-order valence-corrected chi connectivity index (χ2v) is 2.00.